The van der Waals surface area contributed by atoms with Gasteiger partial charge in [-0.05, 0) is 27.2 Å². The van der Waals surface area contributed by atoms with Crippen molar-refractivity contribution in [1.82, 2.24) is 9.55 Å². The number of ether oxygens (including phenoxy) is 2. The molecule has 2 aliphatic rings. The zero-order valence-electron chi connectivity index (χ0n) is 12.5. The molecular formula is C14H17FN2O5. The second kappa shape index (κ2) is 4.52. The maximum absolute atomic E-state index is 14.4. The molecule has 1 unspecified atom stereocenters. The average Bonchev–Trinajstić information content (AvgIpc) is 3.03. The first-order valence-corrected chi connectivity index (χ1v) is 7.01. The second-order valence-corrected chi connectivity index (χ2v) is 6.67. The van der Waals surface area contributed by atoms with Crippen LogP contribution in [-0.4, -0.2) is 32.9 Å². The van der Waals surface area contributed by atoms with Crippen LogP contribution in [0.1, 0.15) is 33.4 Å². The summed E-state index contributed by atoms with van der Waals surface area (Å²) >= 11 is 0. The van der Waals surface area contributed by atoms with Gasteiger partial charge in [-0.3, -0.25) is 14.3 Å². The standard InChI is InChI=1S/C14H17FN2O5/c1-13(2,3)22-11(19)14-6-7(14)9(15)10(21-14)17-5-4-8(18)16-12(17)20/h4-5,7,9-10H,6H2,1-3H3,(H,16,18,20)/t7?,9-,10+,14-/m0/s1. The summed E-state index contributed by atoms with van der Waals surface area (Å²) in [5.41, 5.74) is -3.39. The van der Waals surface area contributed by atoms with Gasteiger partial charge >= 0.3 is 11.7 Å². The minimum atomic E-state index is -1.52. The maximum Gasteiger partial charge on any atom is 0.339 e. The molecule has 3 rings (SSSR count). The van der Waals surface area contributed by atoms with E-state index in [2.05, 4.69) is 0 Å². The van der Waals surface area contributed by atoms with Crippen molar-refractivity contribution in [2.24, 2.45) is 5.92 Å². The summed E-state index contributed by atoms with van der Waals surface area (Å²) in [7, 11) is 0. The third kappa shape index (κ3) is 2.27. The summed E-state index contributed by atoms with van der Waals surface area (Å²) < 4.78 is 26.2. The lowest BCUT2D eigenvalue weighted by atomic mass is 10.1. The fourth-order valence-corrected chi connectivity index (χ4v) is 2.74. The first-order valence-electron chi connectivity index (χ1n) is 7.01. The van der Waals surface area contributed by atoms with Gasteiger partial charge < -0.3 is 9.47 Å². The Morgan fingerprint density at radius 1 is 1.50 bits per heavy atom. The van der Waals surface area contributed by atoms with Gasteiger partial charge in [0.1, 0.15) is 5.60 Å². The molecule has 0 radical (unpaired) electrons. The van der Waals surface area contributed by atoms with Crippen LogP contribution in [0.3, 0.4) is 0 Å². The highest BCUT2D eigenvalue weighted by molar-refractivity contribution is 5.85. The van der Waals surface area contributed by atoms with Crippen LogP contribution in [0.15, 0.2) is 21.9 Å². The number of hydrogen-bond donors (Lipinski definition) is 1. The average molecular weight is 312 g/mol. The van der Waals surface area contributed by atoms with Crippen molar-refractivity contribution < 1.29 is 18.7 Å². The molecular weight excluding hydrogens is 295 g/mol. The van der Waals surface area contributed by atoms with Crippen molar-refractivity contribution in [3.63, 3.8) is 0 Å². The van der Waals surface area contributed by atoms with E-state index in [4.69, 9.17) is 9.47 Å². The van der Waals surface area contributed by atoms with Gasteiger partial charge in [0.15, 0.2) is 18.0 Å². The fraction of sp³-hybridized carbons (Fsp3) is 0.643. The van der Waals surface area contributed by atoms with Gasteiger partial charge in [-0.2, -0.15) is 0 Å². The Labute approximate surface area is 125 Å². The van der Waals surface area contributed by atoms with E-state index in [9.17, 15) is 18.8 Å². The van der Waals surface area contributed by atoms with Crippen molar-refractivity contribution in [2.75, 3.05) is 0 Å². The van der Waals surface area contributed by atoms with Crippen LogP contribution in [0.25, 0.3) is 0 Å². The van der Waals surface area contributed by atoms with Gasteiger partial charge in [0.25, 0.3) is 5.56 Å². The maximum atomic E-state index is 14.4. The highest BCUT2D eigenvalue weighted by atomic mass is 19.1. The molecule has 22 heavy (non-hydrogen) atoms. The van der Waals surface area contributed by atoms with E-state index in [0.717, 1.165) is 16.8 Å². The molecule has 1 aliphatic carbocycles. The molecule has 120 valence electrons. The highest BCUT2D eigenvalue weighted by Gasteiger charge is 2.74. The zero-order chi connectivity index (χ0) is 16.3. The summed E-state index contributed by atoms with van der Waals surface area (Å²) in [6.45, 7) is 5.14. The number of aromatic amines is 1. The molecule has 4 atom stereocenters. The molecule has 2 fully saturated rings. The predicted octanol–water partition coefficient (Wildman–Crippen LogP) is 0.504. The smallest absolute Gasteiger partial charge is 0.339 e. The van der Waals surface area contributed by atoms with E-state index in [1.165, 1.54) is 0 Å². The van der Waals surface area contributed by atoms with Crippen molar-refractivity contribution in [1.29, 1.82) is 0 Å². The summed E-state index contributed by atoms with van der Waals surface area (Å²) in [5.74, 6) is -1.25. The van der Waals surface area contributed by atoms with Crippen molar-refractivity contribution in [3.05, 3.63) is 33.1 Å². The van der Waals surface area contributed by atoms with E-state index in [1.54, 1.807) is 20.8 Å². The van der Waals surface area contributed by atoms with E-state index in [0.29, 0.717) is 0 Å². The summed E-state index contributed by atoms with van der Waals surface area (Å²) in [6.07, 6.45) is -1.37. The third-order valence-corrected chi connectivity index (χ3v) is 3.82. The fourth-order valence-electron chi connectivity index (χ4n) is 2.74. The molecule has 0 spiro atoms. The lowest BCUT2D eigenvalue weighted by Crippen LogP contribution is -2.38. The minimum absolute atomic E-state index is 0.234. The Balaban J connectivity index is 1.86. The van der Waals surface area contributed by atoms with E-state index in [1.807, 2.05) is 4.98 Å². The molecule has 1 aliphatic heterocycles. The molecule has 1 aromatic heterocycles. The van der Waals surface area contributed by atoms with Crippen LogP contribution in [0.2, 0.25) is 0 Å². The Bertz CT molecular complexity index is 734. The van der Waals surface area contributed by atoms with E-state index in [-0.39, 0.29) is 6.42 Å². The predicted molar refractivity (Wildman–Crippen MR) is 73.0 cm³/mol. The molecule has 2 heterocycles. The number of alkyl halides is 1. The molecule has 1 saturated carbocycles. The SMILES string of the molecule is CC(C)(C)OC(=O)[C@]12CC1[C@H](F)[C@H](n1ccc(=O)[nH]c1=O)O2. The van der Waals surface area contributed by atoms with Gasteiger partial charge in [0.05, 0.1) is 0 Å². The molecule has 8 heteroatoms. The molecule has 1 N–H and O–H groups in total. The molecule has 1 saturated heterocycles. The minimum Gasteiger partial charge on any atom is -0.458 e. The Morgan fingerprint density at radius 3 is 2.77 bits per heavy atom. The van der Waals surface area contributed by atoms with Gasteiger partial charge in [0, 0.05) is 18.2 Å². The number of rotatable bonds is 2. The van der Waals surface area contributed by atoms with Crippen LogP contribution >= 0.6 is 0 Å². The number of halogens is 1. The lowest BCUT2D eigenvalue weighted by Gasteiger charge is -2.24. The van der Waals surface area contributed by atoms with Crippen LogP contribution in [0, 0.1) is 5.92 Å². The summed E-state index contributed by atoms with van der Waals surface area (Å²) in [6, 6.07) is 1.10. The van der Waals surface area contributed by atoms with Crippen LogP contribution in [0.5, 0.6) is 0 Å². The summed E-state index contributed by atoms with van der Waals surface area (Å²) in [4.78, 5) is 37.1. The number of nitrogens with zero attached hydrogens (tertiary/aromatic N) is 1. The first kappa shape index (κ1) is 15.0. The Kier molecular flexibility index (Phi) is 3.07. The quantitative estimate of drug-likeness (QED) is 0.803. The molecule has 1 aromatic rings. The normalized spacial score (nSPS) is 33.4. The van der Waals surface area contributed by atoms with Gasteiger partial charge in [-0.1, -0.05) is 0 Å². The monoisotopic (exact) mass is 312 g/mol. The number of carbonyl (C=O) groups excluding carboxylic acids is 1. The molecule has 0 bridgehead atoms. The molecule has 0 amide bonds. The van der Waals surface area contributed by atoms with E-state index < -0.39 is 46.7 Å². The van der Waals surface area contributed by atoms with Crippen LogP contribution < -0.4 is 11.2 Å². The topological polar surface area (TPSA) is 90.4 Å². The largest absolute Gasteiger partial charge is 0.458 e. The number of H-pyrrole nitrogens is 1. The van der Waals surface area contributed by atoms with Crippen LogP contribution in [0.4, 0.5) is 4.39 Å². The first-order chi connectivity index (χ1) is 10.1. The molecule has 0 aromatic carbocycles. The lowest BCUT2D eigenvalue weighted by molar-refractivity contribution is -0.176. The van der Waals surface area contributed by atoms with E-state index >= 15 is 0 Å². The van der Waals surface area contributed by atoms with Gasteiger partial charge in [0.2, 0.25) is 0 Å². The van der Waals surface area contributed by atoms with Crippen molar-refractivity contribution >= 4 is 5.97 Å². The number of aromatic nitrogens is 2. The van der Waals surface area contributed by atoms with Crippen LogP contribution in [-0.2, 0) is 14.3 Å². The third-order valence-electron chi connectivity index (χ3n) is 3.82. The number of nitrogens with one attached hydrogen (secondary N) is 1. The van der Waals surface area contributed by atoms with Crippen molar-refractivity contribution in [2.45, 2.75) is 50.8 Å². The number of carbonyl (C=O) groups is 1. The Hall–Kier alpha value is -1.96. The van der Waals surface area contributed by atoms with Gasteiger partial charge in [-0.25, -0.2) is 14.0 Å². The number of hydrogen-bond acceptors (Lipinski definition) is 5. The Morgan fingerprint density at radius 2 is 2.18 bits per heavy atom. The number of fused-ring (bicyclic) bond motifs is 1. The second-order valence-electron chi connectivity index (χ2n) is 6.67. The highest BCUT2D eigenvalue weighted by Crippen LogP contribution is 2.60. The molecule has 7 nitrogen and oxygen atoms in total. The van der Waals surface area contributed by atoms with Gasteiger partial charge in [-0.15, -0.1) is 0 Å². The number of esters is 1. The summed E-state index contributed by atoms with van der Waals surface area (Å²) in [5, 5.41) is 0. The van der Waals surface area contributed by atoms with Crippen molar-refractivity contribution in [3.8, 4) is 0 Å². The zero-order valence-corrected chi connectivity index (χ0v) is 12.5.